The Hall–Kier alpha value is -1.03. The molecule has 1 aliphatic rings. The largest absolute Gasteiger partial charge is 0.475 e. The van der Waals surface area contributed by atoms with Gasteiger partial charge < -0.3 is 9.64 Å². The first kappa shape index (κ1) is 7.61. The number of fused-ring (bicyclic) bond motifs is 1. The summed E-state index contributed by atoms with van der Waals surface area (Å²) in [5.74, 6) is 0.891. The first-order chi connectivity index (χ1) is 5.77. The Labute approximate surface area is 71.7 Å². The second kappa shape index (κ2) is 2.79. The molecule has 0 N–H and O–H groups in total. The van der Waals surface area contributed by atoms with Gasteiger partial charge in [-0.15, -0.1) is 0 Å². The monoisotopic (exact) mass is 167 g/mol. The van der Waals surface area contributed by atoms with Gasteiger partial charge in [0.15, 0.2) is 0 Å². The molecule has 1 unspecified atom stereocenters. The lowest BCUT2D eigenvalue weighted by Gasteiger charge is -2.14. The molecule has 0 saturated carbocycles. The molecule has 66 valence electrons. The first-order valence-electron chi connectivity index (χ1n) is 4.08. The fourth-order valence-electron chi connectivity index (χ4n) is 1.49. The van der Waals surface area contributed by atoms with Gasteiger partial charge in [0.25, 0.3) is 0 Å². The third-order valence-electron chi connectivity index (χ3n) is 1.98. The first-order valence-corrected chi connectivity index (χ1v) is 4.08. The molecule has 1 atom stereocenters. The Balaban J connectivity index is 2.12. The van der Waals surface area contributed by atoms with Crippen LogP contribution < -0.4 is 4.74 Å². The van der Waals surface area contributed by atoms with E-state index in [2.05, 4.69) is 24.1 Å². The van der Waals surface area contributed by atoms with E-state index in [9.17, 15) is 0 Å². The number of nitrogens with zero attached hydrogens (tertiary/aromatic N) is 3. The normalized spacial score (nSPS) is 21.1. The number of ether oxygens (including phenoxy) is 1. The SMILES string of the molecule is CN(C)CC1COc2ccnn21. The zero-order chi connectivity index (χ0) is 8.55. The highest BCUT2D eigenvalue weighted by molar-refractivity contribution is 5.12. The van der Waals surface area contributed by atoms with Crippen molar-refractivity contribution in [2.45, 2.75) is 6.04 Å². The summed E-state index contributed by atoms with van der Waals surface area (Å²) in [6, 6.07) is 2.28. The van der Waals surface area contributed by atoms with Gasteiger partial charge >= 0.3 is 0 Å². The summed E-state index contributed by atoms with van der Waals surface area (Å²) < 4.78 is 7.37. The Morgan fingerprint density at radius 3 is 3.33 bits per heavy atom. The molecule has 1 aromatic heterocycles. The van der Waals surface area contributed by atoms with Crippen LogP contribution in [-0.4, -0.2) is 41.9 Å². The molecule has 0 aromatic carbocycles. The standard InChI is InChI=1S/C8H13N3O/c1-10(2)5-7-6-12-8-3-4-9-11(7)8/h3-4,7H,5-6H2,1-2H3. The molecule has 0 bridgehead atoms. The molecule has 4 heteroatoms. The van der Waals surface area contributed by atoms with Crippen LogP contribution in [0.15, 0.2) is 12.3 Å². The van der Waals surface area contributed by atoms with Gasteiger partial charge in [-0.05, 0) is 14.1 Å². The summed E-state index contributed by atoms with van der Waals surface area (Å²) >= 11 is 0. The lowest BCUT2D eigenvalue weighted by molar-refractivity contribution is 0.272. The van der Waals surface area contributed by atoms with E-state index < -0.39 is 0 Å². The summed E-state index contributed by atoms with van der Waals surface area (Å²) in [5, 5.41) is 4.20. The second-order valence-corrected chi connectivity index (χ2v) is 3.34. The van der Waals surface area contributed by atoms with Crippen LogP contribution in [0.2, 0.25) is 0 Å². The average molecular weight is 167 g/mol. The molecule has 0 amide bonds. The molecule has 12 heavy (non-hydrogen) atoms. The van der Waals surface area contributed by atoms with Crippen LogP contribution in [0.25, 0.3) is 0 Å². The number of hydrogen-bond donors (Lipinski definition) is 0. The van der Waals surface area contributed by atoms with Crippen molar-refractivity contribution in [1.82, 2.24) is 14.7 Å². The summed E-state index contributed by atoms with van der Waals surface area (Å²) in [6.07, 6.45) is 1.77. The van der Waals surface area contributed by atoms with E-state index in [1.54, 1.807) is 6.20 Å². The van der Waals surface area contributed by atoms with E-state index in [0.29, 0.717) is 6.04 Å². The van der Waals surface area contributed by atoms with Crippen molar-refractivity contribution in [1.29, 1.82) is 0 Å². The van der Waals surface area contributed by atoms with Crippen LogP contribution >= 0.6 is 0 Å². The van der Waals surface area contributed by atoms with Crippen molar-refractivity contribution in [3.8, 4) is 5.88 Å². The summed E-state index contributed by atoms with van der Waals surface area (Å²) in [5.41, 5.74) is 0. The molecule has 0 fully saturated rings. The van der Waals surface area contributed by atoms with Crippen LogP contribution in [0.3, 0.4) is 0 Å². The van der Waals surface area contributed by atoms with Gasteiger partial charge in [-0.2, -0.15) is 5.10 Å². The van der Waals surface area contributed by atoms with Gasteiger partial charge in [0.05, 0.1) is 6.20 Å². The predicted molar refractivity (Wildman–Crippen MR) is 45.3 cm³/mol. The van der Waals surface area contributed by atoms with Crippen molar-refractivity contribution in [2.24, 2.45) is 0 Å². The van der Waals surface area contributed by atoms with Crippen molar-refractivity contribution in [3.63, 3.8) is 0 Å². The summed E-state index contributed by atoms with van der Waals surface area (Å²) in [7, 11) is 4.11. The van der Waals surface area contributed by atoms with Crippen molar-refractivity contribution in [2.75, 3.05) is 27.2 Å². The van der Waals surface area contributed by atoms with Crippen LogP contribution in [0.1, 0.15) is 6.04 Å². The maximum absolute atomic E-state index is 5.43. The highest BCUT2D eigenvalue weighted by atomic mass is 16.5. The molecule has 2 rings (SSSR count). The fourth-order valence-corrected chi connectivity index (χ4v) is 1.49. The highest BCUT2D eigenvalue weighted by Gasteiger charge is 2.23. The van der Waals surface area contributed by atoms with Gasteiger partial charge in [-0.3, -0.25) is 0 Å². The Kier molecular flexibility index (Phi) is 1.77. The molecule has 1 aromatic rings. The molecule has 2 heterocycles. The Morgan fingerprint density at radius 1 is 1.75 bits per heavy atom. The van der Waals surface area contributed by atoms with Crippen LogP contribution in [-0.2, 0) is 0 Å². The maximum atomic E-state index is 5.43. The summed E-state index contributed by atoms with van der Waals surface area (Å²) in [6.45, 7) is 1.73. The van der Waals surface area contributed by atoms with Gasteiger partial charge in [-0.1, -0.05) is 0 Å². The average Bonchev–Trinajstić information content (AvgIpc) is 2.52. The number of hydrogen-bond acceptors (Lipinski definition) is 3. The molecular formula is C8H13N3O. The third kappa shape index (κ3) is 1.18. The van der Waals surface area contributed by atoms with Gasteiger partial charge in [0.2, 0.25) is 5.88 Å². The zero-order valence-corrected chi connectivity index (χ0v) is 7.40. The van der Waals surface area contributed by atoms with Gasteiger partial charge in [-0.25, -0.2) is 4.68 Å². The predicted octanol–water partition coefficient (Wildman–Crippen LogP) is 0.378. The van der Waals surface area contributed by atoms with Crippen molar-refractivity contribution >= 4 is 0 Å². The van der Waals surface area contributed by atoms with Crippen molar-refractivity contribution < 1.29 is 4.74 Å². The minimum Gasteiger partial charge on any atom is -0.475 e. The zero-order valence-electron chi connectivity index (χ0n) is 7.40. The second-order valence-electron chi connectivity index (χ2n) is 3.34. The van der Waals surface area contributed by atoms with Crippen molar-refractivity contribution in [3.05, 3.63) is 12.3 Å². The molecular weight excluding hydrogens is 154 g/mol. The molecule has 1 aliphatic heterocycles. The van der Waals surface area contributed by atoms with Gasteiger partial charge in [0.1, 0.15) is 12.6 Å². The van der Waals surface area contributed by atoms with E-state index in [4.69, 9.17) is 4.74 Å². The number of likely N-dealkylation sites (N-methyl/N-ethyl adjacent to an activating group) is 1. The number of rotatable bonds is 2. The van der Waals surface area contributed by atoms with E-state index in [-0.39, 0.29) is 0 Å². The maximum Gasteiger partial charge on any atom is 0.212 e. The van der Waals surface area contributed by atoms with E-state index in [0.717, 1.165) is 19.0 Å². The minimum absolute atomic E-state index is 0.380. The lowest BCUT2D eigenvalue weighted by atomic mass is 10.3. The topological polar surface area (TPSA) is 30.3 Å². The van der Waals surface area contributed by atoms with E-state index >= 15 is 0 Å². The molecule has 0 aliphatic carbocycles. The Morgan fingerprint density at radius 2 is 2.58 bits per heavy atom. The molecule has 0 saturated heterocycles. The van der Waals surface area contributed by atoms with E-state index in [1.807, 2.05) is 10.7 Å². The van der Waals surface area contributed by atoms with Gasteiger partial charge in [0, 0.05) is 12.6 Å². The molecule has 0 radical (unpaired) electrons. The molecule has 4 nitrogen and oxygen atoms in total. The molecule has 0 spiro atoms. The van der Waals surface area contributed by atoms with Crippen LogP contribution in [0, 0.1) is 0 Å². The smallest absolute Gasteiger partial charge is 0.212 e. The summed E-state index contributed by atoms with van der Waals surface area (Å²) in [4.78, 5) is 2.14. The fraction of sp³-hybridized carbons (Fsp3) is 0.625. The highest BCUT2D eigenvalue weighted by Crippen LogP contribution is 2.24. The Bertz CT molecular complexity index is 269. The quantitative estimate of drug-likeness (QED) is 0.638. The lowest BCUT2D eigenvalue weighted by Crippen LogP contribution is -2.24. The number of aromatic nitrogens is 2. The van der Waals surface area contributed by atoms with Crippen LogP contribution in [0.5, 0.6) is 5.88 Å². The minimum atomic E-state index is 0.380. The third-order valence-corrected chi connectivity index (χ3v) is 1.98. The van der Waals surface area contributed by atoms with Crippen LogP contribution in [0.4, 0.5) is 0 Å². The van der Waals surface area contributed by atoms with E-state index in [1.165, 1.54) is 0 Å².